The number of ether oxygens (including phenoxy) is 1. The summed E-state index contributed by atoms with van der Waals surface area (Å²) in [5.74, 6) is 0. The Morgan fingerprint density at radius 2 is 2.15 bits per heavy atom. The Morgan fingerprint density at radius 3 is 2.70 bits per heavy atom. The van der Waals surface area contributed by atoms with Gasteiger partial charge in [0.15, 0.2) is 0 Å². The van der Waals surface area contributed by atoms with Crippen LogP contribution in [-0.2, 0) is 14.8 Å². The van der Waals surface area contributed by atoms with E-state index in [2.05, 4.69) is 4.72 Å². The van der Waals surface area contributed by atoms with Gasteiger partial charge in [-0.1, -0.05) is 17.7 Å². The van der Waals surface area contributed by atoms with Crippen molar-refractivity contribution in [2.45, 2.75) is 23.8 Å². The molecule has 0 aromatic heterocycles. The maximum atomic E-state index is 12.2. The maximum absolute atomic E-state index is 12.2. The highest BCUT2D eigenvalue weighted by Crippen LogP contribution is 2.27. The quantitative estimate of drug-likeness (QED) is 0.650. The van der Waals surface area contributed by atoms with Crippen LogP contribution in [0.2, 0.25) is 5.02 Å². The Bertz CT molecular complexity index is 540. The fraction of sp³-hybridized carbons (Fsp3) is 0.500. The van der Waals surface area contributed by atoms with Crippen molar-refractivity contribution in [2.24, 2.45) is 0 Å². The van der Waals surface area contributed by atoms with E-state index in [0.29, 0.717) is 13.0 Å². The molecular formula is C12H19ClN2O4S. The largest absolute Gasteiger partial charge is 0.398 e. The van der Waals surface area contributed by atoms with Gasteiger partial charge in [0, 0.05) is 26.7 Å². The van der Waals surface area contributed by atoms with Crippen molar-refractivity contribution in [1.82, 2.24) is 4.72 Å². The number of benzene rings is 1. The Hall–Kier alpha value is -0.860. The Balaban J connectivity index is 2.86. The summed E-state index contributed by atoms with van der Waals surface area (Å²) >= 11 is 5.87. The summed E-state index contributed by atoms with van der Waals surface area (Å²) in [4.78, 5) is -0.177. The number of nitrogen functional groups attached to an aromatic ring is 1. The Morgan fingerprint density at radius 1 is 1.50 bits per heavy atom. The zero-order valence-corrected chi connectivity index (χ0v) is 13.0. The first-order valence-electron chi connectivity index (χ1n) is 5.94. The molecule has 0 radical (unpaired) electrons. The molecular weight excluding hydrogens is 304 g/mol. The number of rotatable bonds is 7. The van der Waals surface area contributed by atoms with Crippen molar-refractivity contribution in [3.8, 4) is 0 Å². The van der Waals surface area contributed by atoms with Crippen LogP contribution in [-0.4, -0.2) is 39.4 Å². The molecule has 114 valence electrons. The first kappa shape index (κ1) is 17.2. The van der Waals surface area contributed by atoms with E-state index in [-0.39, 0.29) is 22.2 Å². The molecule has 0 fully saturated rings. The van der Waals surface area contributed by atoms with Crippen LogP contribution in [0.5, 0.6) is 0 Å². The van der Waals surface area contributed by atoms with Crippen molar-refractivity contribution in [1.29, 1.82) is 0 Å². The minimum Gasteiger partial charge on any atom is -0.398 e. The van der Waals surface area contributed by atoms with Crippen LogP contribution in [0, 0.1) is 0 Å². The molecule has 0 saturated heterocycles. The van der Waals surface area contributed by atoms with E-state index in [9.17, 15) is 13.5 Å². The predicted octanol–water partition coefficient (Wildman–Crippen LogP) is 0.988. The number of methoxy groups -OCH3 is 1. The number of halogens is 1. The lowest BCUT2D eigenvalue weighted by atomic mass is 10.0. The number of hydrogen-bond acceptors (Lipinski definition) is 5. The summed E-state index contributed by atoms with van der Waals surface area (Å²) in [6.45, 7) is 1.68. The van der Waals surface area contributed by atoms with Crippen LogP contribution in [0.25, 0.3) is 0 Å². The highest BCUT2D eigenvalue weighted by atomic mass is 35.5. The van der Waals surface area contributed by atoms with Crippen molar-refractivity contribution in [3.63, 3.8) is 0 Å². The summed E-state index contributed by atoms with van der Waals surface area (Å²) in [5.41, 5.74) is 4.47. The van der Waals surface area contributed by atoms with E-state index >= 15 is 0 Å². The van der Waals surface area contributed by atoms with E-state index in [4.69, 9.17) is 22.1 Å². The second-order valence-electron chi connectivity index (χ2n) is 4.72. The second-order valence-corrected chi connectivity index (χ2v) is 6.83. The molecule has 0 saturated carbocycles. The van der Waals surface area contributed by atoms with Crippen LogP contribution in [0.1, 0.15) is 13.3 Å². The van der Waals surface area contributed by atoms with Gasteiger partial charge in [-0.3, -0.25) is 0 Å². The summed E-state index contributed by atoms with van der Waals surface area (Å²) in [6.07, 6.45) is 0.296. The third kappa shape index (κ3) is 4.60. The molecule has 0 bridgehead atoms. The SMILES string of the molecule is COCCC(C)(O)CNS(=O)(=O)c1c(N)cccc1Cl. The number of hydrogen-bond donors (Lipinski definition) is 3. The van der Waals surface area contributed by atoms with Crippen LogP contribution in [0.15, 0.2) is 23.1 Å². The van der Waals surface area contributed by atoms with Gasteiger partial charge in [-0.2, -0.15) is 0 Å². The third-order valence-electron chi connectivity index (χ3n) is 2.75. The molecule has 20 heavy (non-hydrogen) atoms. The fourth-order valence-corrected chi connectivity index (χ4v) is 3.38. The third-order valence-corrected chi connectivity index (χ3v) is 4.70. The van der Waals surface area contributed by atoms with Crippen molar-refractivity contribution in [3.05, 3.63) is 23.2 Å². The van der Waals surface area contributed by atoms with Gasteiger partial charge in [-0.15, -0.1) is 0 Å². The number of anilines is 1. The van der Waals surface area contributed by atoms with E-state index in [0.717, 1.165) is 0 Å². The Labute approximate surface area is 123 Å². The van der Waals surface area contributed by atoms with E-state index in [1.165, 1.54) is 26.2 Å². The van der Waals surface area contributed by atoms with Crippen LogP contribution >= 0.6 is 11.6 Å². The molecule has 4 N–H and O–H groups in total. The van der Waals surface area contributed by atoms with Gasteiger partial charge < -0.3 is 15.6 Å². The lowest BCUT2D eigenvalue weighted by Gasteiger charge is -2.23. The van der Waals surface area contributed by atoms with Crippen molar-refractivity contribution in [2.75, 3.05) is 26.0 Å². The molecule has 0 aliphatic rings. The molecule has 0 amide bonds. The molecule has 1 atom stereocenters. The minimum absolute atomic E-state index is 0.0361. The van der Waals surface area contributed by atoms with Crippen LogP contribution in [0.3, 0.4) is 0 Å². The molecule has 6 nitrogen and oxygen atoms in total. The lowest BCUT2D eigenvalue weighted by Crippen LogP contribution is -2.41. The molecule has 8 heteroatoms. The first-order chi connectivity index (χ1) is 9.19. The molecule has 1 unspecified atom stereocenters. The zero-order chi connectivity index (χ0) is 15.4. The maximum Gasteiger partial charge on any atom is 0.244 e. The molecule has 0 spiro atoms. The van der Waals surface area contributed by atoms with Crippen LogP contribution in [0.4, 0.5) is 5.69 Å². The first-order valence-corrected chi connectivity index (χ1v) is 7.81. The monoisotopic (exact) mass is 322 g/mol. The highest BCUT2D eigenvalue weighted by molar-refractivity contribution is 7.89. The van der Waals surface area contributed by atoms with E-state index in [1.807, 2.05) is 0 Å². The smallest absolute Gasteiger partial charge is 0.244 e. The number of nitrogens with one attached hydrogen (secondary N) is 1. The summed E-state index contributed by atoms with van der Waals surface area (Å²) in [6, 6.07) is 4.45. The average molecular weight is 323 g/mol. The topological polar surface area (TPSA) is 102 Å². The van der Waals surface area contributed by atoms with Gasteiger partial charge in [0.05, 0.1) is 16.3 Å². The number of aliphatic hydroxyl groups is 1. The van der Waals surface area contributed by atoms with Gasteiger partial charge in [0.2, 0.25) is 10.0 Å². The van der Waals surface area contributed by atoms with Gasteiger partial charge in [0.1, 0.15) is 4.90 Å². The Kier molecular flexibility index (Phi) is 5.79. The van der Waals surface area contributed by atoms with Crippen molar-refractivity contribution >= 4 is 27.3 Å². The fourth-order valence-electron chi connectivity index (χ4n) is 1.54. The minimum atomic E-state index is -3.89. The molecule has 0 heterocycles. The van der Waals surface area contributed by atoms with Gasteiger partial charge in [0.25, 0.3) is 0 Å². The summed E-state index contributed by atoms with van der Waals surface area (Å²) in [7, 11) is -2.38. The standard InChI is InChI=1S/C12H19ClN2O4S/c1-12(16,6-7-19-2)8-15-20(17,18)11-9(13)4-3-5-10(11)14/h3-5,15-16H,6-8,14H2,1-2H3. The molecule has 1 aromatic rings. The summed E-state index contributed by atoms with van der Waals surface area (Å²) in [5, 5.41) is 10.1. The normalized spacial score (nSPS) is 15.0. The number of nitrogens with two attached hydrogens (primary N) is 1. The van der Waals surface area contributed by atoms with Crippen LogP contribution < -0.4 is 10.5 Å². The molecule has 0 aliphatic carbocycles. The van der Waals surface area contributed by atoms with Crippen molar-refractivity contribution < 1.29 is 18.3 Å². The molecule has 0 aliphatic heterocycles. The second kappa shape index (κ2) is 6.73. The van der Waals surface area contributed by atoms with E-state index < -0.39 is 15.6 Å². The lowest BCUT2D eigenvalue weighted by molar-refractivity contribution is 0.0292. The van der Waals surface area contributed by atoms with E-state index in [1.54, 1.807) is 6.07 Å². The zero-order valence-electron chi connectivity index (χ0n) is 11.4. The van der Waals surface area contributed by atoms with Gasteiger partial charge >= 0.3 is 0 Å². The molecule has 1 aromatic carbocycles. The predicted molar refractivity (Wildman–Crippen MR) is 78.2 cm³/mol. The number of sulfonamides is 1. The average Bonchev–Trinajstić information content (AvgIpc) is 2.34. The highest BCUT2D eigenvalue weighted by Gasteiger charge is 2.26. The molecule has 1 rings (SSSR count). The van der Waals surface area contributed by atoms with Gasteiger partial charge in [-0.05, 0) is 19.1 Å². The summed E-state index contributed by atoms with van der Waals surface area (Å²) < 4.78 is 31.5. The van der Waals surface area contributed by atoms with Gasteiger partial charge in [-0.25, -0.2) is 13.1 Å².